The van der Waals surface area contributed by atoms with Gasteiger partial charge in [0.2, 0.25) is 0 Å². The van der Waals surface area contributed by atoms with Crippen LogP contribution in [0.4, 0.5) is 0 Å². The van der Waals surface area contributed by atoms with E-state index in [1.807, 2.05) is 30.3 Å². The maximum Gasteiger partial charge on any atom is 0.289 e. The van der Waals surface area contributed by atoms with E-state index in [1.54, 1.807) is 52.6 Å². The van der Waals surface area contributed by atoms with Crippen LogP contribution in [-0.2, 0) is 4.79 Å². The Hall–Kier alpha value is -4.27. The second kappa shape index (κ2) is 10.3. The second-order valence-corrected chi connectivity index (χ2v) is 7.98. The Balaban J connectivity index is 1.66. The van der Waals surface area contributed by atoms with Crippen molar-refractivity contribution in [2.75, 3.05) is 34.9 Å². The van der Waals surface area contributed by atoms with Gasteiger partial charge in [-0.05, 0) is 60.2 Å². The largest absolute Gasteiger partial charge is 0.497 e. The number of amides is 2. The Kier molecular flexibility index (Phi) is 7.05. The predicted octanol–water partition coefficient (Wildman–Crippen LogP) is 3.76. The van der Waals surface area contributed by atoms with Gasteiger partial charge >= 0.3 is 0 Å². The molecule has 0 radical (unpaired) electrons. The molecule has 182 valence electrons. The van der Waals surface area contributed by atoms with E-state index in [4.69, 9.17) is 18.6 Å². The first kappa shape index (κ1) is 23.9. The van der Waals surface area contributed by atoms with Crippen molar-refractivity contribution in [2.24, 2.45) is 5.10 Å². The minimum absolute atomic E-state index is 0.162. The molecular weight excluding hydrogens is 450 g/mol. The van der Waals surface area contributed by atoms with E-state index in [-0.39, 0.29) is 18.2 Å². The number of hydrogen-bond donors (Lipinski definition) is 0. The average Bonchev–Trinajstić information content (AvgIpc) is 3.58. The van der Waals surface area contributed by atoms with Crippen LogP contribution in [-0.4, -0.2) is 62.4 Å². The molecule has 2 heterocycles. The lowest BCUT2D eigenvalue weighted by Gasteiger charge is -2.26. The minimum Gasteiger partial charge on any atom is -0.497 e. The van der Waals surface area contributed by atoms with Crippen LogP contribution in [0, 0.1) is 0 Å². The first-order valence-electron chi connectivity index (χ1n) is 11.0. The van der Waals surface area contributed by atoms with Crippen molar-refractivity contribution in [1.82, 2.24) is 9.91 Å². The van der Waals surface area contributed by atoms with Crippen molar-refractivity contribution in [3.05, 3.63) is 77.7 Å². The monoisotopic (exact) mass is 477 g/mol. The molecule has 1 aromatic heterocycles. The molecule has 1 aliphatic heterocycles. The summed E-state index contributed by atoms with van der Waals surface area (Å²) in [7, 11) is 6.31. The number of furan rings is 1. The number of rotatable bonds is 8. The average molecular weight is 478 g/mol. The first-order chi connectivity index (χ1) is 16.9. The molecule has 0 fully saturated rings. The predicted molar refractivity (Wildman–Crippen MR) is 129 cm³/mol. The number of benzene rings is 2. The number of ether oxygens (including phenoxy) is 3. The SMILES string of the molecule is COc1ccc(C2=NN(C(=O)CN(C)C(=O)c3ccco3)[C@@H](c3cc(OC)ccc3OC)C2)cc1. The number of likely N-dealkylation sites (N-methyl/N-ethyl adjacent to an activating group) is 1. The molecule has 0 bridgehead atoms. The molecule has 1 aliphatic rings. The summed E-state index contributed by atoms with van der Waals surface area (Å²) in [5.41, 5.74) is 2.36. The smallest absolute Gasteiger partial charge is 0.289 e. The quantitative estimate of drug-likeness (QED) is 0.491. The van der Waals surface area contributed by atoms with Crippen LogP contribution < -0.4 is 14.2 Å². The van der Waals surface area contributed by atoms with Crippen LogP contribution in [0.25, 0.3) is 0 Å². The summed E-state index contributed by atoms with van der Waals surface area (Å²) in [6.45, 7) is -0.179. The topological polar surface area (TPSA) is 93.8 Å². The number of carbonyl (C=O) groups excluding carboxylic acids is 2. The molecule has 0 spiro atoms. The Labute approximate surface area is 203 Å². The second-order valence-electron chi connectivity index (χ2n) is 7.98. The van der Waals surface area contributed by atoms with Gasteiger partial charge in [-0.2, -0.15) is 5.10 Å². The summed E-state index contributed by atoms with van der Waals surface area (Å²) in [6.07, 6.45) is 1.87. The van der Waals surface area contributed by atoms with Gasteiger partial charge in [0.1, 0.15) is 23.8 Å². The van der Waals surface area contributed by atoms with Crippen LogP contribution in [0.2, 0.25) is 0 Å². The van der Waals surface area contributed by atoms with E-state index in [0.717, 1.165) is 22.6 Å². The lowest BCUT2D eigenvalue weighted by atomic mass is 9.97. The lowest BCUT2D eigenvalue weighted by Crippen LogP contribution is -2.39. The molecular formula is C26H27N3O6. The van der Waals surface area contributed by atoms with Gasteiger partial charge in [0.15, 0.2) is 5.76 Å². The molecule has 0 saturated heterocycles. The Morgan fingerprint density at radius 3 is 2.37 bits per heavy atom. The fourth-order valence-corrected chi connectivity index (χ4v) is 3.98. The third-order valence-electron chi connectivity index (χ3n) is 5.84. The van der Waals surface area contributed by atoms with Gasteiger partial charge in [-0.15, -0.1) is 0 Å². The summed E-state index contributed by atoms with van der Waals surface area (Å²) in [4.78, 5) is 27.4. The third-order valence-corrected chi connectivity index (χ3v) is 5.84. The summed E-state index contributed by atoms with van der Waals surface area (Å²) >= 11 is 0. The molecule has 0 saturated carbocycles. The van der Waals surface area contributed by atoms with Crippen LogP contribution in [0.1, 0.15) is 34.1 Å². The molecule has 0 N–H and O–H groups in total. The van der Waals surface area contributed by atoms with E-state index < -0.39 is 11.9 Å². The summed E-state index contributed by atoms with van der Waals surface area (Å²) in [5.74, 6) is 1.40. The highest BCUT2D eigenvalue weighted by Gasteiger charge is 2.36. The zero-order valence-electron chi connectivity index (χ0n) is 20.1. The van der Waals surface area contributed by atoms with Gasteiger partial charge in [0.25, 0.3) is 11.8 Å². The molecule has 35 heavy (non-hydrogen) atoms. The highest BCUT2D eigenvalue weighted by atomic mass is 16.5. The number of carbonyl (C=O) groups is 2. The van der Waals surface area contributed by atoms with Crippen molar-refractivity contribution in [3.8, 4) is 17.2 Å². The molecule has 2 aromatic carbocycles. The van der Waals surface area contributed by atoms with Crippen LogP contribution in [0.3, 0.4) is 0 Å². The molecule has 9 heteroatoms. The summed E-state index contributed by atoms with van der Waals surface area (Å²) in [6, 6.07) is 15.7. The maximum atomic E-state index is 13.4. The van der Waals surface area contributed by atoms with Crippen molar-refractivity contribution in [2.45, 2.75) is 12.5 Å². The molecule has 3 aromatic rings. The van der Waals surface area contributed by atoms with E-state index >= 15 is 0 Å². The zero-order chi connectivity index (χ0) is 24.9. The highest BCUT2D eigenvalue weighted by molar-refractivity contribution is 6.03. The first-order valence-corrected chi connectivity index (χ1v) is 11.0. The fourth-order valence-electron chi connectivity index (χ4n) is 3.98. The van der Waals surface area contributed by atoms with E-state index in [0.29, 0.717) is 17.9 Å². The molecule has 0 aliphatic carbocycles. The number of hydrazone groups is 1. The molecule has 2 amide bonds. The summed E-state index contributed by atoms with van der Waals surface area (Å²) in [5, 5.41) is 6.10. The van der Waals surface area contributed by atoms with Crippen molar-refractivity contribution >= 4 is 17.5 Å². The van der Waals surface area contributed by atoms with E-state index in [9.17, 15) is 9.59 Å². The van der Waals surface area contributed by atoms with Gasteiger partial charge in [-0.25, -0.2) is 5.01 Å². The fraction of sp³-hybridized carbons (Fsp3) is 0.269. The van der Waals surface area contributed by atoms with Crippen LogP contribution in [0.5, 0.6) is 17.2 Å². The number of hydrogen-bond acceptors (Lipinski definition) is 7. The van der Waals surface area contributed by atoms with Gasteiger partial charge < -0.3 is 23.5 Å². The maximum absolute atomic E-state index is 13.4. The van der Waals surface area contributed by atoms with Gasteiger partial charge in [-0.1, -0.05) is 0 Å². The lowest BCUT2D eigenvalue weighted by molar-refractivity contribution is -0.133. The number of methoxy groups -OCH3 is 3. The van der Waals surface area contributed by atoms with Crippen molar-refractivity contribution in [3.63, 3.8) is 0 Å². The molecule has 1 atom stereocenters. The van der Waals surface area contributed by atoms with Gasteiger partial charge in [0.05, 0.1) is 39.3 Å². The molecule has 0 unspecified atom stereocenters. The Bertz CT molecular complexity index is 1220. The van der Waals surface area contributed by atoms with E-state index in [1.165, 1.54) is 16.2 Å². The van der Waals surface area contributed by atoms with E-state index in [2.05, 4.69) is 5.10 Å². The van der Waals surface area contributed by atoms with Crippen molar-refractivity contribution < 1.29 is 28.2 Å². The molecule has 4 rings (SSSR count). The van der Waals surface area contributed by atoms with Crippen LogP contribution >= 0.6 is 0 Å². The van der Waals surface area contributed by atoms with Crippen LogP contribution in [0.15, 0.2) is 70.4 Å². The zero-order valence-corrected chi connectivity index (χ0v) is 20.1. The normalized spacial score (nSPS) is 14.9. The summed E-state index contributed by atoms with van der Waals surface area (Å²) < 4.78 is 21.4. The van der Waals surface area contributed by atoms with Gasteiger partial charge in [-0.3, -0.25) is 9.59 Å². The highest BCUT2D eigenvalue weighted by Crippen LogP contribution is 2.39. The third kappa shape index (κ3) is 4.98. The Morgan fingerprint density at radius 1 is 1.03 bits per heavy atom. The van der Waals surface area contributed by atoms with Crippen molar-refractivity contribution in [1.29, 1.82) is 0 Å². The van der Waals surface area contributed by atoms with Gasteiger partial charge in [0, 0.05) is 19.0 Å². The number of nitrogens with zero attached hydrogens (tertiary/aromatic N) is 3. The molecule has 9 nitrogen and oxygen atoms in total. The minimum atomic E-state index is -0.447. The standard InChI is InChI=1S/C26H27N3O6/c1-28(26(31)24-6-5-13-35-24)16-25(30)29-22(20-14-19(33-3)11-12-23(20)34-4)15-21(27-29)17-7-9-18(32-2)10-8-17/h5-14,22H,15-16H2,1-4H3/t22-/m1/s1. The Morgan fingerprint density at radius 2 is 1.74 bits per heavy atom.